The van der Waals surface area contributed by atoms with Gasteiger partial charge in [0.1, 0.15) is 5.15 Å². The number of aromatic nitrogens is 1. The van der Waals surface area contributed by atoms with Crippen LogP contribution in [0.1, 0.15) is 11.1 Å². The number of hydrogen-bond donors (Lipinski definition) is 0. The maximum absolute atomic E-state index is 6.06. The highest BCUT2D eigenvalue weighted by atomic mass is 35.5. The summed E-state index contributed by atoms with van der Waals surface area (Å²) >= 11 is 11.8. The number of benzene rings is 1. The Morgan fingerprint density at radius 3 is 2.47 bits per heavy atom. The zero-order valence-corrected chi connectivity index (χ0v) is 9.46. The van der Waals surface area contributed by atoms with E-state index in [-0.39, 0.29) is 0 Å². The first-order chi connectivity index (χ1) is 7.25. The fourth-order valence-electron chi connectivity index (χ4n) is 1.37. The zero-order valence-electron chi connectivity index (χ0n) is 7.95. The topological polar surface area (TPSA) is 12.9 Å². The molecule has 2 aromatic rings. The summed E-state index contributed by atoms with van der Waals surface area (Å²) in [5.41, 5.74) is 2.20. The Balaban J connectivity index is 2.22. The molecule has 0 aliphatic heterocycles. The Bertz CT molecular complexity index is 451. The van der Waals surface area contributed by atoms with Gasteiger partial charge in [-0.2, -0.15) is 0 Å². The average Bonchev–Trinajstić information content (AvgIpc) is 2.25. The second-order valence-corrected chi connectivity index (χ2v) is 4.05. The minimum atomic E-state index is 0.512. The van der Waals surface area contributed by atoms with Gasteiger partial charge >= 0.3 is 0 Å². The third-order valence-electron chi connectivity index (χ3n) is 2.14. The van der Waals surface area contributed by atoms with Gasteiger partial charge in [-0.1, -0.05) is 47.5 Å². The second-order valence-electron chi connectivity index (χ2n) is 3.26. The van der Waals surface area contributed by atoms with Crippen molar-refractivity contribution >= 4 is 23.2 Å². The Kier molecular flexibility index (Phi) is 3.24. The Morgan fingerprint density at radius 2 is 1.80 bits per heavy atom. The van der Waals surface area contributed by atoms with Crippen LogP contribution in [0.4, 0.5) is 0 Å². The summed E-state index contributed by atoms with van der Waals surface area (Å²) in [4.78, 5) is 4.03. The first-order valence-electron chi connectivity index (χ1n) is 4.59. The molecule has 0 spiro atoms. The number of hydrogen-bond acceptors (Lipinski definition) is 1. The van der Waals surface area contributed by atoms with Crippen molar-refractivity contribution in [2.45, 2.75) is 6.42 Å². The lowest BCUT2D eigenvalue weighted by Gasteiger charge is -2.03. The van der Waals surface area contributed by atoms with E-state index in [4.69, 9.17) is 23.2 Å². The van der Waals surface area contributed by atoms with Gasteiger partial charge in [0.15, 0.2) is 0 Å². The van der Waals surface area contributed by atoms with Crippen LogP contribution < -0.4 is 0 Å². The number of pyridine rings is 1. The molecule has 1 aromatic heterocycles. The predicted molar refractivity (Wildman–Crippen MR) is 63.5 cm³/mol. The van der Waals surface area contributed by atoms with Crippen molar-refractivity contribution in [2.75, 3.05) is 0 Å². The molecule has 0 N–H and O–H groups in total. The lowest BCUT2D eigenvalue weighted by Crippen LogP contribution is -1.90. The molecule has 2 rings (SSSR count). The summed E-state index contributed by atoms with van der Waals surface area (Å²) in [6.45, 7) is 0. The number of halogens is 2. The lowest BCUT2D eigenvalue weighted by molar-refractivity contribution is 1.15. The molecule has 1 heterocycles. The number of rotatable bonds is 2. The Morgan fingerprint density at radius 1 is 1.00 bits per heavy atom. The van der Waals surface area contributed by atoms with Gasteiger partial charge in [-0.3, -0.25) is 0 Å². The molecule has 0 saturated carbocycles. The summed E-state index contributed by atoms with van der Waals surface area (Å²) in [6, 6.07) is 11.5. The van der Waals surface area contributed by atoms with Crippen molar-refractivity contribution in [2.24, 2.45) is 0 Å². The quantitative estimate of drug-likeness (QED) is 0.721. The zero-order chi connectivity index (χ0) is 10.7. The van der Waals surface area contributed by atoms with Gasteiger partial charge in [0, 0.05) is 17.6 Å². The normalized spacial score (nSPS) is 10.3. The summed E-state index contributed by atoms with van der Waals surface area (Å²) in [5, 5.41) is 1.30. The molecule has 1 aromatic carbocycles. The molecule has 15 heavy (non-hydrogen) atoms. The highest BCUT2D eigenvalue weighted by Gasteiger charge is 2.00. The van der Waals surface area contributed by atoms with Crippen LogP contribution in [-0.2, 0) is 6.42 Å². The van der Waals surface area contributed by atoms with Crippen molar-refractivity contribution in [3.8, 4) is 0 Å². The largest absolute Gasteiger partial charge is 0.244 e. The third-order valence-corrected chi connectivity index (χ3v) is 2.73. The first kappa shape index (κ1) is 10.5. The summed E-state index contributed by atoms with van der Waals surface area (Å²) in [5.74, 6) is 0. The van der Waals surface area contributed by atoms with Crippen LogP contribution in [0.3, 0.4) is 0 Å². The molecule has 0 saturated heterocycles. The van der Waals surface area contributed by atoms with E-state index >= 15 is 0 Å². The van der Waals surface area contributed by atoms with Crippen molar-refractivity contribution in [3.63, 3.8) is 0 Å². The van der Waals surface area contributed by atoms with E-state index in [1.165, 1.54) is 0 Å². The molecule has 0 aliphatic rings. The smallest absolute Gasteiger partial charge is 0.129 e. The van der Waals surface area contributed by atoms with Gasteiger partial charge in [0.05, 0.1) is 0 Å². The van der Waals surface area contributed by atoms with Crippen molar-refractivity contribution in [1.82, 2.24) is 4.98 Å². The van der Waals surface area contributed by atoms with E-state index in [1.54, 1.807) is 12.3 Å². The van der Waals surface area contributed by atoms with Gasteiger partial charge in [0.25, 0.3) is 0 Å². The maximum Gasteiger partial charge on any atom is 0.129 e. The molecule has 0 fully saturated rings. The predicted octanol–water partition coefficient (Wildman–Crippen LogP) is 3.98. The van der Waals surface area contributed by atoms with E-state index in [0.717, 1.165) is 22.6 Å². The molecule has 0 bridgehead atoms. The van der Waals surface area contributed by atoms with Gasteiger partial charge in [-0.25, -0.2) is 4.98 Å². The van der Waals surface area contributed by atoms with Crippen LogP contribution in [0, 0.1) is 0 Å². The van der Waals surface area contributed by atoms with Crippen molar-refractivity contribution < 1.29 is 0 Å². The molecule has 0 amide bonds. The van der Waals surface area contributed by atoms with E-state index in [1.807, 2.05) is 30.3 Å². The Labute approximate surface area is 98.7 Å². The van der Waals surface area contributed by atoms with Gasteiger partial charge < -0.3 is 0 Å². The molecular formula is C12H9Cl2N. The molecule has 3 heteroatoms. The molecule has 1 nitrogen and oxygen atoms in total. The van der Waals surface area contributed by atoms with E-state index < -0.39 is 0 Å². The summed E-state index contributed by atoms with van der Waals surface area (Å²) in [7, 11) is 0. The van der Waals surface area contributed by atoms with Crippen molar-refractivity contribution in [3.05, 3.63) is 63.9 Å². The van der Waals surface area contributed by atoms with E-state index in [2.05, 4.69) is 4.98 Å². The van der Waals surface area contributed by atoms with E-state index in [9.17, 15) is 0 Å². The standard InChI is InChI=1S/C12H9Cl2N/c13-11-4-2-1-3-10(11)7-9-5-6-12(14)15-8-9/h1-6,8H,7H2. The molecule has 0 radical (unpaired) electrons. The Hall–Kier alpha value is -1.05. The van der Waals surface area contributed by atoms with Crippen LogP contribution >= 0.6 is 23.2 Å². The van der Waals surface area contributed by atoms with Crippen LogP contribution in [0.5, 0.6) is 0 Å². The minimum Gasteiger partial charge on any atom is -0.244 e. The fourth-order valence-corrected chi connectivity index (χ4v) is 1.69. The highest BCUT2D eigenvalue weighted by Crippen LogP contribution is 2.18. The average molecular weight is 238 g/mol. The minimum absolute atomic E-state index is 0.512. The van der Waals surface area contributed by atoms with Crippen molar-refractivity contribution in [1.29, 1.82) is 0 Å². The van der Waals surface area contributed by atoms with Gasteiger partial charge in [0.2, 0.25) is 0 Å². The first-order valence-corrected chi connectivity index (χ1v) is 5.35. The van der Waals surface area contributed by atoms with Crippen LogP contribution in [-0.4, -0.2) is 4.98 Å². The molecule has 76 valence electrons. The van der Waals surface area contributed by atoms with Crippen LogP contribution in [0.25, 0.3) is 0 Å². The van der Waals surface area contributed by atoms with E-state index in [0.29, 0.717) is 5.15 Å². The van der Waals surface area contributed by atoms with Gasteiger partial charge in [-0.05, 0) is 23.3 Å². The maximum atomic E-state index is 6.06. The summed E-state index contributed by atoms with van der Waals surface area (Å²) in [6.07, 6.45) is 2.55. The van der Waals surface area contributed by atoms with Crippen LogP contribution in [0.2, 0.25) is 10.2 Å². The molecule has 0 aliphatic carbocycles. The summed E-state index contributed by atoms with van der Waals surface area (Å²) < 4.78 is 0. The monoisotopic (exact) mass is 237 g/mol. The second kappa shape index (κ2) is 4.65. The van der Waals surface area contributed by atoms with Gasteiger partial charge in [-0.15, -0.1) is 0 Å². The molecular weight excluding hydrogens is 229 g/mol. The fraction of sp³-hybridized carbons (Fsp3) is 0.0833. The molecule has 0 atom stereocenters. The molecule has 0 unspecified atom stereocenters. The highest BCUT2D eigenvalue weighted by molar-refractivity contribution is 6.31. The van der Waals surface area contributed by atoms with Crippen LogP contribution in [0.15, 0.2) is 42.6 Å². The SMILES string of the molecule is Clc1ccc(Cc2ccccc2Cl)cn1. The number of nitrogens with zero attached hydrogens (tertiary/aromatic N) is 1. The lowest BCUT2D eigenvalue weighted by atomic mass is 10.1. The third kappa shape index (κ3) is 2.71.